The molecule has 0 radical (unpaired) electrons. The summed E-state index contributed by atoms with van der Waals surface area (Å²) in [4.78, 5) is 35.2. The van der Waals surface area contributed by atoms with E-state index in [9.17, 15) is 24.8 Å². The zero-order valence-electron chi connectivity index (χ0n) is 13.7. The van der Waals surface area contributed by atoms with Crippen molar-refractivity contribution in [2.45, 2.75) is 31.8 Å². The summed E-state index contributed by atoms with van der Waals surface area (Å²) in [7, 11) is 0. The normalized spacial score (nSPS) is 23.5. The first-order valence-electron chi connectivity index (χ1n) is 7.98. The van der Waals surface area contributed by atoms with Crippen molar-refractivity contribution in [2.24, 2.45) is 5.41 Å². The van der Waals surface area contributed by atoms with Crippen LogP contribution in [-0.2, 0) is 9.59 Å². The minimum absolute atomic E-state index is 0.0356. The second-order valence-corrected chi connectivity index (χ2v) is 6.72. The third-order valence-electron chi connectivity index (χ3n) is 4.98. The summed E-state index contributed by atoms with van der Waals surface area (Å²) >= 11 is 0. The molecule has 3 rings (SSSR count). The van der Waals surface area contributed by atoms with Crippen LogP contribution in [0.15, 0.2) is 18.2 Å². The molecule has 1 aliphatic heterocycles. The van der Waals surface area contributed by atoms with Crippen LogP contribution in [0.4, 0.5) is 11.4 Å². The Labute approximate surface area is 143 Å². The summed E-state index contributed by atoms with van der Waals surface area (Å²) in [6, 6.07) is 3.77. The maximum absolute atomic E-state index is 12.5. The molecule has 2 aliphatic rings. The molecule has 1 aliphatic carbocycles. The predicted octanol–water partition coefficient (Wildman–Crippen LogP) is 0.963. The number of carbonyl (C=O) groups is 2. The predicted molar refractivity (Wildman–Crippen MR) is 87.1 cm³/mol. The lowest BCUT2D eigenvalue weighted by molar-refractivity contribution is -0.385. The fraction of sp³-hybridized carbons (Fsp3) is 0.500. The summed E-state index contributed by atoms with van der Waals surface area (Å²) in [5, 5.41) is 25.6. The highest BCUT2D eigenvalue weighted by atomic mass is 16.6. The second kappa shape index (κ2) is 5.99. The topological polar surface area (TPSA) is 131 Å². The SMILES string of the molecule is CC1(C(=O)NCC2(CO)CCC2)Oc2cc([N+](=O)[O-])ccc2NC1=O. The van der Waals surface area contributed by atoms with Gasteiger partial charge in [-0.05, 0) is 25.8 Å². The fourth-order valence-corrected chi connectivity index (χ4v) is 2.97. The first kappa shape index (κ1) is 17.2. The van der Waals surface area contributed by atoms with E-state index in [1.165, 1.54) is 25.1 Å². The molecule has 1 aromatic rings. The third-order valence-corrected chi connectivity index (χ3v) is 4.98. The largest absolute Gasteiger partial charge is 0.465 e. The van der Waals surface area contributed by atoms with Crippen LogP contribution >= 0.6 is 0 Å². The first-order chi connectivity index (χ1) is 11.8. The van der Waals surface area contributed by atoms with Gasteiger partial charge in [-0.3, -0.25) is 19.7 Å². The van der Waals surface area contributed by atoms with Crippen molar-refractivity contribution >= 4 is 23.2 Å². The number of ether oxygens (including phenoxy) is 1. The quantitative estimate of drug-likeness (QED) is 0.412. The number of nitrogens with zero attached hydrogens (tertiary/aromatic N) is 1. The van der Waals surface area contributed by atoms with Gasteiger partial charge in [0.25, 0.3) is 23.1 Å². The van der Waals surface area contributed by atoms with Crippen LogP contribution in [0.25, 0.3) is 0 Å². The monoisotopic (exact) mass is 349 g/mol. The molecule has 1 unspecified atom stereocenters. The van der Waals surface area contributed by atoms with Gasteiger partial charge in [0.15, 0.2) is 5.75 Å². The zero-order chi connectivity index (χ0) is 18.2. The van der Waals surface area contributed by atoms with Crippen molar-refractivity contribution in [3.05, 3.63) is 28.3 Å². The molecule has 9 heteroatoms. The summed E-state index contributed by atoms with van der Waals surface area (Å²) in [6.07, 6.45) is 2.60. The van der Waals surface area contributed by atoms with E-state index >= 15 is 0 Å². The molecule has 1 fully saturated rings. The highest BCUT2D eigenvalue weighted by Crippen LogP contribution is 2.40. The summed E-state index contributed by atoms with van der Waals surface area (Å²) in [6.45, 7) is 1.52. The lowest BCUT2D eigenvalue weighted by atomic mass is 9.69. The number of nitro groups is 1. The zero-order valence-corrected chi connectivity index (χ0v) is 13.7. The molecule has 25 heavy (non-hydrogen) atoms. The van der Waals surface area contributed by atoms with Gasteiger partial charge in [-0.1, -0.05) is 6.42 Å². The smallest absolute Gasteiger partial charge is 0.278 e. The summed E-state index contributed by atoms with van der Waals surface area (Å²) in [5.41, 5.74) is -2.12. The number of fused-ring (bicyclic) bond motifs is 1. The summed E-state index contributed by atoms with van der Waals surface area (Å²) < 4.78 is 5.54. The summed E-state index contributed by atoms with van der Waals surface area (Å²) in [5.74, 6) is -1.24. The number of rotatable bonds is 5. The van der Waals surface area contributed by atoms with E-state index in [1.807, 2.05) is 0 Å². The van der Waals surface area contributed by atoms with E-state index in [0.717, 1.165) is 19.3 Å². The second-order valence-electron chi connectivity index (χ2n) is 6.72. The van der Waals surface area contributed by atoms with Crippen molar-refractivity contribution < 1.29 is 24.4 Å². The van der Waals surface area contributed by atoms with Crippen LogP contribution < -0.4 is 15.4 Å². The Balaban J connectivity index is 1.78. The molecule has 3 N–H and O–H groups in total. The Morgan fingerprint density at radius 2 is 2.20 bits per heavy atom. The maximum Gasteiger partial charge on any atom is 0.278 e. The number of carbonyl (C=O) groups excluding carboxylic acids is 2. The van der Waals surface area contributed by atoms with E-state index in [0.29, 0.717) is 0 Å². The number of hydrogen-bond acceptors (Lipinski definition) is 6. The van der Waals surface area contributed by atoms with Crippen LogP contribution in [0.3, 0.4) is 0 Å². The van der Waals surface area contributed by atoms with Crippen LogP contribution in [-0.4, -0.2) is 40.6 Å². The van der Waals surface area contributed by atoms with E-state index in [4.69, 9.17) is 4.74 Å². The molecular formula is C16H19N3O6. The Bertz CT molecular complexity index is 740. The van der Waals surface area contributed by atoms with Gasteiger partial charge < -0.3 is 20.5 Å². The fourth-order valence-electron chi connectivity index (χ4n) is 2.97. The Kier molecular flexibility index (Phi) is 4.11. The van der Waals surface area contributed by atoms with Gasteiger partial charge in [0.05, 0.1) is 23.3 Å². The van der Waals surface area contributed by atoms with Gasteiger partial charge >= 0.3 is 0 Å². The Hall–Kier alpha value is -2.68. The highest BCUT2D eigenvalue weighted by molar-refractivity contribution is 6.15. The van der Waals surface area contributed by atoms with Crippen LogP contribution in [0.1, 0.15) is 26.2 Å². The molecule has 1 heterocycles. The van der Waals surface area contributed by atoms with Crippen molar-refractivity contribution in [1.82, 2.24) is 5.32 Å². The molecule has 1 atom stereocenters. The molecule has 0 bridgehead atoms. The number of aliphatic hydroxyl groups excluding tert-OH is 1. The minimum atomic E-state index is -1.84. The number of nitrogens with one attached hydrogen (secondary N) is 2. The van der Waals surface area contributed by atoms with Gasteiger partial charge in [-0.25, -0.2) is 0 Å². The Morgan fingerprint density at radius 3 is 2.76 bits per heavy atom. The van der Waals surface area contributed by atoms with Gasteiger partial charge in [-0.2, -0.15) is 0 Å². The van der Waals surface area contributed by atoms with Gasteiger partial charge in [0.1, 0.15) is 0 Å². The van der Waals surface area contributed by atoms with Gasteiger partial charge in [0, 0.05) is 18.0 Å². The number of anilines is 1. The first-order valence-corrected chi connectivity index (χ1v) is 7.98. The number of nitro benzene ring substituents is 1. The van der Waals surface area contributed by atoms with Crippen LogP contribution in [0, 0.1) is 15.5 Å². The van der Waals surface area contributed by atoms with Crippen LogP contribution in [0.2, 0.25) is 0 Å². The van der Waals surface area contributed by atoms with Crippen LogP contribution in [0.5, 0.6) is 5.75 Å². The minimum Gasteiger partial charge on any atom is -0.465 e. The van der Waals surface area contributed by atoms with E-state index in [-0.39, 0.29) is 35.7 Å². The highest BCUT2D eigenvalue weighted by Gasteiger charge is 2.48. The van der Waals surface area contributed by atoms with Crippen molar-refractivity contribution in [3.63, 3.8) is 0 Å². The molecule has 0 aromatic heterocycles. The molecule has 134 valence electrons. The van der Waals surface area contributed by atoms with E-state index in [2.05, 4.69) is 10.6 Å². The van der Waals surface area contributed by atoms with Crippen molar-refractivity contribution in [2.75, 3.05) is 18.5 Å². The number of aliphatic hydroxyl groups is 1. The molecular weight excluding hydrogens is 330 g/mol. The van der Waals surface area contributed by atoms with E-state index < -0.39 is 22.3 Å². The molecule has 1 aromatic carbocycles. The van der Waals surface area contributed by atoms with Crippen molar-refractivity contribution in [3.8, 4) is 5.75 Å². The van der Waals surface area contributed by atoms with Gasteiger partial charge in [0.2, 0.25) is 0 Å². The lowest BCUT2D eigenvalue weighted by Crippen LogP contribution is -2.60. The number of non-ortho nitro benzene ring substituents is 1. The average Bonchev–Trinajstić information content (AvgIpc) is 2.54. The maximum atomic E-state index is 12.5. The molecule has 0 saturated heterocycles. The van der Waals surface area contributed by atoms with Crippen molar-refractivity contribution in [1.29, 1.82) is 0 Å². The molecule has 2 amide bonds. The van der Waals surface area contributed by atoms with E-state index in [1.54, 1.807) is 0 Å². The third kappa shape index (κ3) is 2.91. The standard InChI is InChI=1S/C16H19N3O6/c1-15(13(21)17-8-16(9-20)5-2-6-16)14(22)18-11-4-3-10(19(23)24)7-12(11)25-15/h3-4,7,20H,2,5-6,8-9H2,1H3,(H,17,21)(H,18,22). The molecule has 9 nitrogen and oxygen atoms in total. The molecule has 0 spiro atoms. The average molecular weight is 349 g/mol. The number of amides is 2. The number of benzene rings is 1. The van der Waals surface area contributed by atoms with Gasteiger partial charge in [-0.15, -0.1) is 0 Å². The molecule has 1 saturated carbocycles. The number of hydrogen-bond donors (Lipinski definition) is 3. The lowest BCUT2D eigenvalue weighted by Gasteiger charge is -2.41. The Morgan fingerprint density at radius 1 is 1.48 bits per heavy atom.